The number of Topliss-reactive ketones (excluding diaryl/α,β-unsaturated/α-hetero) is 1. The first kappa shape index (κ1) is 16.9. The molecule has 0 aliphatic heterocycles. The summed E-state index contributed by atoms with van der Waals surface area (Å²) in [7, 11) is 1.26. The van der Waals surface area contributed by atoms with Crippen molar-refractivity contribution < 1.29 is 31.8 Å². The second kappa shape index (κ2) is 7.03. The third-order valence-electron chi connectivity index (χ3n) is 2.28. The SMILES string of the molecule is COc1cc(F)c(Br)cc1C(=O)CCOCC(F)(F)F. The number of halogens is 5. The Kier molecular flexibility index (Phi) is 5.94. The van der Waals surface area contributed by atoms with E-state index < -0.39 is 24.4 Å². The quantitative estimate of drug-likeness (QED) is 0.441. The van der Waals surface area contributed by atoms with Crippen molar-refractivity contribution in [3.8, 4) is 5.75 Å². The molecule has 0 saturated carbocycles. The second-order valence-corrected chi connectivity index (χ2v) is 4.66. The van der Waals surface area contributed by atoms with Gasteiger partial charge in [0.05, 0.1) is 23.8 Å². The third-order valence-corrected chi connectivity index (χ3v) is 2.89. The van der Waals surface area contributed by atoms with Gasteiger partial charge in [0.2, 0.25) is 0 Å². The van der Waals surface area contributed by atoms with Crippen molar-refractivity contribution in [3.63, 3.8) is 0 Å². The van der Waals surface area contributed by atoms with Crippen molar-refractivity contribution in [2.75, 3.05) is 20.3 Å². The maximum atomic E-state index is 13.3. The van der Waals surface area contributed by atoms with Crippen LogP contribution in [-0.4, -0.2) is 32.3 Å². The summed E-state index contributed by atoms with van der Waals surface area (Å²) in [4.78, 5) is 11.8. The third kappa shape index (κ3) is 5.09. The molecule has 0 aliphatic rings. The molecule has 0 heterocycles. The minimum atomic E-state index is -4.43. The van der Waals surface area contributed by atoms with Crippen LogP contribution in [0.3, 0.4) is 0 Å². The summed E-state index contributed by atoms with van der Waals surface area (Å²) in [6.45, 7) is -1.79. The number of hydrogen-bond donors (Lipinski definition) is 0. The van der Waals surface area contributed by atoms with Crippen molar-refractivity contribution in [1.29, 1.82) is 0 Å². The number of hydrogen-bond acceptors (Lipinski definition) is 3. The first-order valence-corrected chi connectivity index (χ1v) is 6.24. The molecule has 0 bridgehead atoms. The van der Waals surface area contributed by atoms with Gasteiger partial charge in [-0.25, -0.2) is 4.39 Å². The van der Waals surface area contributed by atoms with Gasteiger partial charge in [-0.05, 0) is 22.0 Å². The predicted molar refractivity (Wildman–Crippen MR) is 66.5 cm³/mol. The molecule has 20 heavy (non-hydrogen) atoms. The van der Waals surface area contributed by atoms with E-state index in [4.69, 9.17) is 4.74 Å². The molecule has 1 aromatic rings. The number of ketones is 1. The van der Waals surface area contributed by atoms with Crippen molar-refractivity contribution in [3.05, 3.63) is 28.0 Å². The summed E-state index contributed by atoms with van der Waals surface area (Å²) in [5, 5.41) is 0. The van der Waals surface area contributed by atoms with Crippen LogP contribution in [0.1, 0.15) is 16.8 Å². The Labute approximate surface area is 121 Å². The van der Waals surface area contributed by atoms with E-state index in [0.29, 0.717) is 0 Å². The smallest absolute Gasteiger partial charge is 0.411 e. The van der Waals surface area contributed by atoms with Gasteiger partial charge in [-0.3, -0.25) is 4.79 Å². The monoisotopic (exact) mass is 358 g/mol. The molecule has 0 atom stereocenters. The van der Waals surface area contributed by atoms with Crippen LogP contribution in [0.15, 0.2) is 16.6 Å². The van der Waals surface area contributed by atoms with E-state index in [2.05, 4.69) is 20.7 Å². The molecule has 0 radical (unpaired) electrons. The Hall–Kier alpha value is -1.15. The topological polar surface area (TPSA) is 35.5 Å². The maximum Gasteiger partial charge on any atom is 0.411 e. The summed E-state index contributed by atoms with van der Waals surface area (Å²) in [6.07, 6.45) is -4.69. The lowest BCUT2D eigenvalue weighted by Gasteiger charge is -2.10. The lowest BCUT2D eigenvalue weighted by molar-refractivity contribution is -0.173. The van der Waals surface area contributed by atoms with Gasteiger partial charge in [0, 0.05) is 12.5 Å². The Morgan fingerprint density at radius 3 is 2.55 bits per heavy atom. The summed E-state index contributed by atoms with van der Waals surface area (Å²) < 4.78 is 58.1. The van der Waals surface area contributed by atoms with Crippen LogP contribution in [0.2, 0.25) is 0 Å². The molecule has 0 saturated heterocycles. The van der Waals surface area contributed by atoms with Gasteiger partial charge >= 0.3 is 6.18 Å². The Bertz CT molecular complexity index is 488. The van der Waals surface area contributed by atoms with Crippen LogP contribution in [0, 0.1) is 5.82 Å². The second-order valence-electron chi connectivity index (χ2n) is 3.81. The molecule has 0 fully saturated rings. The molecule has 1 rings (SSSR count). The van der Waals surface area contributed by atoms with Gasteiger partial charge in [-0.15, -0.1) is 0 Å². The van der Waals surface area contributed by atoms with Crippen LogP contribution in [0.4, 0.5) is 17.6 Å². The zero-order valence-corrected chi connectivity index (χ0v) is 12.0. The van der Waals surface area contributed by atoms with E-state index >= 15 is 0 Å². The number of benzene rings is 1. The summed E-state index contributed by atoms with van der Waals surface area (Å²) in [5.41, 5.74) is 0.0800. The molecule has 0 spiro atoms. The minimum absolute atomic E-state index is 0.0199. The van der Waals surface area contributed by atoms with Gasteiger partial charge in [0.25, 0.3) is 0 Å². The van der Waals surface area contributed by atoms with Crippen LogP contribution in [0.25, 0.3) is 0 Å². The molecule has 0 amide bonds. The predicted octanol–water partition coefficient (Wildman–Crippen LogP) is 3.75. The fourth-order valence-corrected chi connectivity index (χ4v) is 1.75. The fraction of sp³-hybridized carbons (Fsp3) is 0.417. The molecule has 0 N–H and O–H groups in total. The lowest BCUT2D eigenvalue weighted by atomic mass is 10.1. The Morgan fingerprint density at radius 2 is 2.00 bits per heavy atom. The molecule has 0 aliphatic carbocycles. The largest absolute Gasteiger partial charge is 0.496 e. The number of carbonyl (C=O) groups excluding carboxylic acids is 1. The fourth-order valence-electron chi connectivity index (χ4n) is 1.40. The van der Waals surface area contributed by atoms with Gasteiger partial charge in [0.1, 0.15) is 18.2 Å². The zero-order chi connectivity index (χ0) is 15.3. The van der Waals surface area contributed by atoms with Gasteiger partial charge < -0.3 is 9.47 Å². The lowest BCUT2D eigenvalue weighted by Crippen LogP contribution is -2.18. The average molecular weight is 359 g/mol. The normalized spacial score (nSPS) is 11.5. The molecule has 112 valence electrons. The molecular weight excluding hydrogens is 348 g/mol. The standard InChI is InChI=1S/C12H11BrF4O3/c1-19-11-5-9(14)8(13)4-7(11)10(18)2-3-20-6-12(15,16)17/h4-5H,2-3,6H2,1H3. The van der Waals surface area contributed by atoms with Crippen molar-refractivity contribution >= 4 is 21.7 Å². The van der Waals surface area contributed by atoms with E-state index in [-0.39, 0.29) is 28.8 Å². The zero-order valence-electron chi connectivity index (χ0n) is 10.4. The van der Waals surface area contributed by atoms with Crippen molar-refractivity contribution in [2.45, 2.75) is 12.6 Å². The van der Waals surface area contributed by atoms with Crippen LogP contribution in [0.5, 0.6) is 5.75 Å². The van der Waals surface area contributed by atoms with E-state index in [1.54, 1.807) is 0 Å². The Balaban J connectivity index is 2.66. The number of carbonyl (C=O) groups is 1. The molecule has 0 aromatic heterocycles. The van der Waals surface area contributed by atoms with Crippen LogP contribution < -0.4 is 4.74 Å². The highest BCUT2D eigenvalue weighted by atomic mass is 79.9. The number of ether oxygens (including phenoxy) is 2. The first-order valence-electron chi connectivity index (χ1n) is 5.45. The van der Waals surface area contributed by atoms with E-state index in [9.17, 15) is 22.4 Å². The maximum absolute atomic E-state index is 13.3. The molecule has 0 unspecified atom stereocenters. The molecule has 3 nitrogen and oxygen atoms in total. The number of methoxy groups -OCH3 is 1. The number of alkyl halides is 3. The summed E-state index contributed by atoms with van der Waals surface area (Å²) in [5.74, 6) is -1.08. The highest BCUT2D eigenvalue weighted by Crippen LogP contribution is 2.27. The van der Waals surface area contributed by atoms with Crippen LogP contribution >= 0.6 is 15.9 Å². The minimum Gasteiger partial charge on any atom is -0.496 e. The first-order chi connectivity index (χ1) is 9.24. The average Bonchev–Trinajstić information content (AvgIpc) is 2.36. The molecule has 8 heteroatoms. The van der Waals surface area contributed by atoms with E-state index in [1.807, 2.05) is 0 Å². The van der Waals surface area contributed by atoms with Gasteiger partial charge in [-0.1, -0.05) is 0 Å². The highest BCUT2D eigenvalue weighted by molar-refractivity contribution is 9.10. The highest BCUT2D eigenvalue weighted by Gasteiger charge is 2.27. The van der Waals surface area contributed by atoms with Crippen molar-refractivity contribution in [1.82, 2.24) is 0 Å². The van der Waals surface area contributed by atoms with E-state index in [1.165, 1.54) is 13.2 Å². The summed E-state index contributed by atoms with van der Waals surface area (Å²) >= 11 is 2.92. The van der Waals surface area contributed by atoms with Gasteiger partial charge in [0.15, 0.2) is 5.78 Å². The van der Waals surface area contributed by atoms with Crippen LogP contribution in [-0.2, 0) is 4.74 Å². The number of rotatable bonds is 6. The molecular formula is C12H11BrF4O3. The summed E-state index contributed by atoms with van der Waals surface area (Å²) in [6, 6.07) is 2.24. The van der Waals surface area contributed by atoms with Gasteiger partial charge in [-0.2, -0.15) is 13.2 Å². The molecule has 1 aromatic carbocycles. The van der Waals surface area contributed by atoms with E-state index in [0.717, 1.165) is 6.07 Å². The van der Waals surface area contributed by atoms with Crippen molar-refractivity contribution in [2.24, 2.45) is 0 Å². The Morgan fingerprint density at radius 1 is 1.35 bits per heavy atom.